The molecule has 1 N–H and O–H groups in total. The zero-order chi connectivity index (χ0) is 24.9. The Kier molecular flexibility index (Phi) is 7.49. The van der Waals surface area contributed by atoms with Crippen LogP contribution in [0.3, 0.4) is 0 Å². The van der Waals surface area contributed by atoms with E-state index in [0.29, 0.717) is 23.9 Å². The van der Waals surface area contributed by atoms with Crippen molar-refractivity contribution in [1.29, 1.82) is 5.26 Å². The van der Waals surface area contributed by atoms with Crippen molar-refractivity contribution in [1.82, 2.24) is 14.9 Å². The zero-order valence-electron chi connectivity index (χ0n) is 20.6. The van der Waals surface area contributed by atoms with Gasteiger partial charge in [-0.2, -0.15) is 5.26 Å². The topological polar surface area (TPSA) is 83.3 Å². The number of anilines is 1. The number of nitrogens with one attached hydrogen (secondary N) is 1. The molecular weight excluding hydrogens is 458 g/mol. The summed E-state index contributed by atoms with van der Waals surface area (Å²) in [5.74, 6) is 2.72. The Morgan fingerprint density at radius 2 is 1.83 bits per heavy atom. The molecule has 0 aliphatic rings. The monoisotopic (exact) mass is 487 g/mol. The summed E-state index contributed by atoms with van der Waals surface area (Å²) in [4.78, 5) is 13.7. The molecule has 4 aromatic rings. The van der Waals surface area contributed by atoms with Crippen LogP contribution in [-0.2, 0) is 6.54 Å². The largest absolute Gasteiger partial charge is 0.493 e. The van der Waals surface area contributed by atoms with Crippen LogP contribution in [-0.4, -0.2) is 42.7 Å². The summed E-state index contributed by atoms with van der Waals surface area (Å²) >= 11 is 1.76. The van der Waals surface area contributed by atoms with Gasteiger partial charge in [0.15, 0.2) is 11.5 Å². The maximum atomic E-state index is 9.01. The number of thiophene rings is 1. The van der Waals surface area contributed by atoms with Gasteiger partial charge < -0.3 is 14.8 Å². The fourth-order valence-electron chi connectivity index (χ4n) is 4.05. The number of aromatic nitrogens is 2. The molecule has 1 atom stereocenters. The number of nitriles is 1. The van der Waals surface area contributed by atoms with Gasteiger partial charge in [0.25, 0.3) is 0 Å². The fraction of sp³-hybridized carbons (Fsp3) is 0.296. The average molecular weight is 488 g/mol. The molecule has 4 rings (SSSR count). The van der Waals surface area contributed by atoms with Crippen molar-refractivity contribution in [2.24, 2.45) is 0 Å². The second kappa shape index (κ2) is 10.7. The van der Waals surface area contributed by atoms with Crippen LogP contribution in [0.5, 0.6) is 11.5 Å². The number of hydrogen-bond acceptors (Lipinski definition) is 8. The highest BCUT2D eigenvalue weighted by Gasteiger charge is 2.17. The summed E-state index contributed by atoms with van der Waals surface area (Å²) in [6, 6.07) is 18.7. The SMILES string of the molecule is COc1cc2nc(C)nc(NC(C)c3ccc(-c4ccccc4CN(C)CC#N)s3)c2cc1OC. The number of nitrogens with zero attached hydrogens (tertiary/aromatic N) is 4. The predicted molar refractivity (Wildman–Crippen MR) is 141 cm³/mol. The van der Waals surface area contributed by atoms with E-state index < -0.39 is 0 Å². The number of benzene rings is 2. The van der Waals surface area contributed by atoms with Crippen LogP contribution in [0, 0.1) is 18.3 Å². The van der Waals surface area contributed by atoms with Crippen LogP contribution >= 0.6 is 11.3 Å². The van der Waals surface area contributed by atoms with Gasteiger partial charge in [-0.15, -0.1) is 11.3 Å². The van der Waals surface area contributed by atoms with Crippen LogP contribution in [0.1, 0.15) is 29.2 Å². The van der Waals surface area contributed by atoms with Crippen molar-refractivity contribution in [2.45, 2.75) is 26.4 Å². The first-order chi connectivity index (χ1) is 16.9. The van der Waals surface area contributed by atoms with Gasteiger partial charge in [-0.1, -0.05) is 24.3 Å². The van der Waals surface area contributed by atoms with E-state index in [2.05, 4.69) is 58.6 Å². The minimum atomic E-state index is 0.0350. The van der Waals surface area contributed by atoms with Crippen LogP contribution in [0.25, 0.3) is 21.3 Å². The van der Waals surface area contributed by atoms with Gasteiger partial charge in [-0.3, -0.25) is 4.90 Å². The second-order valence-electron chi connectivity index (χ2n) is 8.40. The minimum absolute atomic E-state index is 0.0350. The molecular formula is C27H29N5O2S. The molecule has 0 aliphatic heterocycles. The lowest BCUT2D eigenvalue weighted by Gasteiger charge is -2.17. The third kappa shape index (κ3) is 5.37. The first kappa shape index (κ1) is 24.5. The summed E-state index contributed by atoms with van der Waals surface area (Å²) in [6.07, 6.45) is 0. The Hall–Kier alpha value is -3.67. The van der Waals surface area contributed by atoms with Crippen molar-refractivity contribution in [3.63, 3.8) is 0 Å². The predicted octanol–water partition coefficient (Wildman–Crippen LogP) is 5.81. The molecule has 8 heteroatoms. The first-order valence-electron chi connectivity index (χ1n) is 11.3. The van der Waals surface area contributed by atoms with Gasteiger partial charge in [0, 0.05) is 27.8 Å². The molecule has 0 radical (unpaired) electrons. The summed E-state index contributed by atoms with van der Waals surface area (Å²) in [5, 5.41) is 13.5. The highest BCUT2D eigenvalue weighted by atomic mass is 32.1. The average Bonchev–Trinajstić information content (AvgIpc) is 3.34. The molecule has 1 unspecified atom stereocenters. The minimum Gasteiger partial charge on any atom is -0.493 e. The molecule has 0 fully saturated rings. The molecule has 7 nitrogen and oxygen atoms in total. The molecule has 180 valence electrons. The summed E-state index contributed by atoms with van der Waals surface area (Å²) < 4.78 is 10.9. The number of fused-ring (bicyclic) bond motifs is 1. The van der Waals surface area contributed by atoms with E-state index in [1.807, 2.05) is 37.1 Å². The Morgan fingerprint density at radius 3 is 2.57 bits per heavy atom. The van der Waals surface area contributed by atoms with Crippen molar-refractivity contribution in [3.8, 4) is 28.0 Å². The highest BCUT2D eigenvalue weighted by Crippen LogP contribution is 2.37. The van der Waals surface area contributed by atoms with Crippen molar-refractivity contribution in [3.05, 3.63) is 64.8 Å². The maximum Gasteiger partial charge on any atom is 0.162 e. The van der Waals surface area contributed by atoms with Gasteiger partial charge in [0.05, 0.1) is 38.4 Å². The molecule has 2 heterocycles. The first-order valence-corrected chi connectivity index (χ1v) is 12.2. The van der Waals surface area contributed by atoms with Crippen molar-refractivity contribution >= 4 is 28.1 Å². The van der Waals surface area contributed by atoms with E-state index in [9.17, 15) is 0 Å². The van der Waals surface area contributed by atoms with E-state index in [0.717, 1.165) is 23.3 Å². The number of aryl methyl sites for hydroxylation is 1. The molecule has 0 amide bonds. The van der Waals surface area contributed by atoms with Crippen molar-refractivity contribution in [2.75, 3.05) is 33.1 Å². The smallest absolute Gasteiger partial charge is 0.162 e. The molecule has 0 spiro atoms. The van der Waals surface area contributed by atoms with Gasteiger partial charge in [0.1, 0.15) is 11.6 Å². The van der Waals surface area contributed by atoms with E-state index >= 15 is 0 Å². The summed E-state index contributed by atoms with van der Waals surface area (Å²) in [6.45, 7) is 5.14. The van der Waals surface area contributed by atoms with Gasteiger partial charge in [-0.25, -0.2) is 9.97 Å². The van der Waals surface area contributed by atoms with Crippen LogP contribution in [0.15, 0.2) is 48.5 Å². The molecule has 2 aromatic heterocycles. The van der Waals surface area contributed by atoms with Crippen LogP contribution < -0.4 is 14.8 Å². The van der Waals surface area contributed by atoms with E-state index in [4.69, 9.17) is 14.7 Å². The number of methoxy groups -OCH3 is 2. The molecule has 0 saturated heterocycles. The summed E-state index contributed by atoms with van der Waals surface area (Å²) in [7, 11) is 5.20. The molecule has 2 aromatic carbocycles. The number of ether oxygens (including phenoxy) is 2. The molecule has 0 saturated carbocycles. The van der Waals surface area contributed by atoms with E-state index in [-0.39, 0.29) is 6.04 Å². The van der Waals surface area contributed by atoms with Gasteiger partial charge in [0.2, 0.25) is 0 Å². The van der Waals surface area contributed by atoms with Gasteiger partial charge >= 0.3 is 0 Å². The number of rotatable bonds is 9. The lowest BCUT2D eigenvalue weighted by atomic mass is 10.1. The third-order valence-electron chi connectivity index (χ3n) is 5.78. The molecule has 0 aliphatic carbocycles. The third-order valence-corrected chi connectivity index (χ3v) is 7.08. The summed E-state index contributed by atoms with van der Waals surface area (Å²) in [5.41, 5.74) is 3.20. The lowest BCUT2D eigenvalue weighted by molar-refractivity contribution is 0.356. The molecule has 35 heavy (non-hydrogen) atoms. The lowest BCUT2D eigenvalue weighted by Crippen LogP contribution is -2.18. The zero-order valence-corrected chi connectivity index (χ0v) is 21.4. The fourth-order valence-corrected chi connectivity index (χ4v) is 5.13. The van der Waals surface area contributed by atoms with E-state index in [1.165, 1.54) is 20.9 Å². The Bertz CT molecular complexity index is 1380. The number of hydrogen-bond donors (Lipinski definition) is 1. The quantitative estimate of drug-likeness (QED) is 0.298. The van der Waals surface area contributed by atoms with Gasteiger partial charge in [-0.05, 0) is 50.2 Å². The van der Waals surface area contributed by atoms with E-state index in [1.54, 1.807) is 25.6 Å². The van der Waals surface area contributed by atoms with Crippen LogP contribution in [0.4, 0.5) is 5.82 Å². The Balaban J connectivity index is 1.62. The second-order valence-corrected chi connectivity index (χ2v) is 9.51. The Morgan fingerprint density at radius 1 is 1.09 bits per heavy atom. The normalized spacial score (nSPS) is 11.9. The van der Waals surface area contributed by atoms with Crippen molar-refractivity contribution < 1.29 is 9.47 Å². The standard InChI is InChI=1S/C27H29N5O2S/c1-17(29-27-21-14-23(33-4)24(34-5)15-22(21)30-18(2)31-27)25-10-11-26(35-25)20-9-7-6-8-19(20)16-32(3)13-12-28/h6-11,14-15,17H,13,16H2,1-5H3,(H,29,30,31). The highest BCUT2D eigenvalue weighted by molar-refractivity contribution is 7.15. The molecule has 0 bridgehead atoms. The Labute approximate surface area is 210 Å². The van der Waals surface area contributed by atoms with Crippen LogP contribution in [0.2, 0.25) is 0 Å². The maximum absolute atomic E-state index is 9.01.